The number of aromatic nitrogens is 1. The maximum atomic E-state index is 12.4. The molecular formula is C18H18N2O6. The van der Waals surface area contributed by atoms with Crippen molar-refractivity contribution in [2.45, 2.75) is 26.3 Å². The quantitative estimate of drug-likeness (QED) is 0.340. The van der Waals surface area contributed by atoms with Crippen molar-refractivity contribution >= 4 is 17.4 Å². The first kappa shape index (κ1) is 19.0. The van der Waals surface area contributed by atoms with E-state index in [-0.39, 0.29) is 5.56 Å². The summed E-state index contributed by atoms with van der Waals surface area (Å²) in [5.41, 5.74) is -0.512. The molecule has 0 aliphatic rings. The molecular weight excluding hydrogens is 340 g/mol. The highest BCUT2D eigenvalue weighted by molar-refractivity contribution is 5.96. The van der Waals surface area contributed by atoms with Crippen LogP contribution in [-0.4, -0.2) is 28.4 Å². The van der Waals surface area contributed by atoms with Gasteiger partial charge in [-0.05, 0) is 11.5 Å². The number of carbonyl (C=O) groups excluding carboxylic acids is 2. The van der Waals surface area contributed by atoms with Crippen LogP contribution >= 0.6 is 0 Å². The summed E-state index contributed by atoms with van der Waals surface area (Å²) in [5, 5.41) is 11.0. The summed E-state index contributed by atoms with van der Waals surface area (Å²) in [4.78, 5) is 46.5. The molecule has 0 saturated carbocycles. The summed E-state index contributed by atoms with van der Waals surface area (Å²) in [6, 6.07) is 7.75. The molecule has 26 heavy (non-hydrogen) atoms. The number of ketones is 1. The number of Topliss-reactive ketones (excluding diaryl/α,β-unsaturated/α-hetero) is 1. The van der Waals surface area contributed by atoms with Crippen molar-refractivity contribution < 1.29 is 19.2 Å². The molecule has 0 spiro atoms. The lowest BCUT2D eigenvalue weighted by molar-refractivity contribution is -0.386. The van der Waals surface area contributed by atoms with E-state index < -0.39 is 34.5 Å². The van der Waals surface area contributed by atoms with Crippen molar-refractivity contribution in [1.29, 1.82) is 0 Å². The van der Waals surface area contributed by atoms with Gasteiger partial charge in [0.25, 0.3) is 0 Å². The van der Waals surface area contributed by atoms with Crippen LogP contribution in [0.25, 0.3) is 0 Å². The maximum Gasteiger partial charge on any atom is 0.339 e. The van der Waals surface area contributed by atoms with Crippen LogP contribution in [-0.2, 0) is 11.3 Å². The summed E-state index contributed by atoms with van der Waals surface area (Å²) in [7, 11) is 1.12. The lowest BCUT2D eigenvalue weighted by atomic mass is 10.0. The Morgan fingerprint density at radius 3 is 2.31 bits per heavy atom. The fourth-order valence-corrected chi connectivity index (χ4v) is 2.40. The van der Waals surface area contributed by atoms with Gasteiger partial charge in [0, 0.05) is 17.8 Å². The van der Waals surface area contributed by atoms with E-state index in [1.807, 2.05) is 26.0 Å². The highest BCUT2D eigenvalue weighted by Gasteiger charge is 2.21. The van der Waals surface area contributed by atoms with E-state index in [1.54, 1.807) is 12.1 Å². The fourth-order valence-electron chi connectivity index (χ4n) is 2.40. The Hall–Kier alpha value is -3.29. The third-order valence-electron chi connectivity index (χ3n) is 3.90. The molecule has 0 atom stereocenters. The van der Waals surface area contributed by atoms with Gasteiger partial charge in [-0.25, -0.2) is 4.79 Å². The van der Waals surface area contributed by atoms with Crippen molar-refractivity contribution in [2.24, 2.45) is 0 Å². The van der Waals surface area contributed by atoms with Crippen LogP contribution in [0.3, 0.4) is 0 Å². The zero-order chi connectivity index (χ0) is 19.4. The van der Waals surface area contributed by atoms with Gasteiger partial charge in [-0.1, -0.05) is 38.1 Å². The number of rotatable bonds is 6. The SMILES string of the molecule is COC(=O)c1cc([N+](=O)[O-])c(=O)n(CC(=O)c2ccc(C(C)C)cc2)c1. The average Bonchev–Trinajstić information content (AvgIpc) is 2.62. The summed E-state index contributed by atoms with van der Waals surface area (Å²) in [6.07, 6.45) is 1.08. The van der Waals surface area contributed by atoms with Crippen molar-refractivity contribution in [3.8, 4) is 0 Å². The van der Waals surface area contributed by atoms with Crippen LogP contribution < -0.4 is 5.56 Å². The lowest BCUT2D eigenvalue weighted by Gasteiger charge is -2.09. The molecule has 0 amide bonds. The van der Waals surface area contributed by atoms with Crippen molar-refractivity contribution in [3.05, 3.63) is 73.7 Å². The molecule has 1 heterocycles. The third-order valence-corrected chi connectivity index (χ3v) is 3.90. The molecule has 0 bridgehead atoms. The Kier molecular flexibility index (Phi) is 5.66. The molecule has 0 fully saturated rings. The van der Waals surface area contributed by atoms with Gasteiger partial charge in [0.15, 0.2) is 5.78 Å². The van der Waals surface area contributed by atoms with E-state index in [2.05, 4.69) is 4.74 Å². The minimum absolute atomic E-state index is 0.179. The molecule has 8 nitrogen and oxygen atoms in total. The normalized spacial score (nSPS) is 10.6. The predicted octanol–water partition coefficient (Wildman–Crippen LogP) is 2.55. The van der Waals surface area contributed by atoms with E-state index in [1.165, 1.54) is 0 Å². The molecule has 0 N–H and O–H groups in total. The molecule has 8 heteroatoms. The van der Waals surface area contributed by atoms with Gasteiger partial charge in [0.1, 0.15) is 0 Å². The van der Waals surface area contributed by atoms with Crippen molar-refractivity contribution in [2.75, 3.05) is 7.11 Å². The number of nitrogens with zero attached hydrogens (tertiary/aromatic N) is 2. The molecule has 2 aromatic rings. The number of nitro groups is 1. The Labute approximate surface area is 149 Å². The van der Waals surface area contributed by atoms with E-state index in [9.17, 15) is 24.5 Å². The van der Waals surface area contributed by atoms with Gasteiger partial charge >= 0.3 is 17.2 Å². The minimum atomic E-state index is -0.963. The van der Waals surface area contributed by atoms with Gasteiger partial charge < -0.3 is 9.30 Å². The number of esters is 1. The fraction of sp³-hybridized carbons (Fsp3) is 0.278. The van der Waals surface area contributed by atoms with Crippen LogP contribution in [0.1, 0.15) is 46.0 Å². The highest BCUT2D eigenvalue weighted by atomic mass is 16.6. The second-order valence-electron chi connectivity index (χ2n) is 6.00. The molecule has 136 valence electrons. The van der Waals surface area contributed by atoms with Crippen LogP contribution in [0, 0.1) is 10.1 Å². The van der Waals surface area contributed by atoms with Gasteiger partial charge in [0.05, 0.1) is 24.1 Å². The number of ether oxygens (including phenoxy) is 1. The lowest BCUT2D eigenvalue weighted by Crippen LogP contribution is -2.27. The molecule has 2 rings (SSSR count). The minimum Gasteiger partial charge on any atom is -0.465 e. The zero-order valence-electron chi connectivity index (χ0n) is 14.6. The first-order chi connectivity index (χ1) is 12.2. The van der Waals surface area contributed by atoms with E-state index in [0.717, 1.165) is 29.5 Å². The number of carbonyl (C=O) groups is 2. The summed E-state index contributed by atoms with van der Waals surface area (Å²) < 4.78 is 5.38. The zero-order valence-corrected chi connectivity index (χ0v) is 14.6. The van der Waals surface area contributed by atoms with Gasteiger partial charge in [-0.3, -0.25) is 19.7 Å². The molecule has 0 aliphatic carbocycles. The molecule has 1 aromatic heterocycles. The summed E-state index contributed by atoms with van der Waals surface area (Å²) >= 11 is 0. The van der Waals surface area contributed by atoms with Gasteiger partial charge in [0.2, 0.25) is 0 Å². The van der Waals surface area contributed by atoms with E-state index >= 15 is 0 Å². The van der Waals surface area contributed by atoms with Crippen molar-refractivity contribution in [1.82, 2.24) is 4.57 Å². The van der Waals surface area contributed by atoms with Crippen molar-refractivity contribution in [3.63, 3.8) is 0 Å². The topological polar surface area (TPSA) is 109 Å². The number of hydrogen-bond donors (Lipinski definition) is 0. The number of hydrogen-bond acceptors (Lipinski definition) is 6. The predicted molar refractivity (Wildman–Crippen MR) is 93.6 cm³/mol. The molecule has 1 aromatic carbocycles. The van der Waals surface area contributed by atoms with Gasteiger partial charge in [-0.2, -0.15) is 0 Å². The second kappa shape index (κ2) is 7.73. The smallest absolute Gasteiger partial charge is 0.339 e. The maximum absolute atomic E-state index is 12.4. The molecule has 0 radical (unpaired) electrons. The first-order valence-electron chi connectivity index (χ1n) is 7.85. The summed E-state index contributed by atoms with van der Waals surface area (Å²) in [6.45, 7) is 3.62. The Balaban J connectivity index is 2.39. The van der Waals surface area contributed by atoms with E-state index in [0.29, 0.717) is 11.5 Å². The summed E-state index contributed by atoms with van der Waals surface area (Å²) in [5.74, 6) is -0.935. The highest BCUT2D eigenvalue weighted by Crippen LogP contribution is 2.16. The Morgan fingerprint density at radius 2 is 1.81 bits per heavy atom. The molecule has 0 saturated heterocycles. The van der Waals surface area contributed by atoms with Crippen LogP contribution in [0.4, 0.5) is 5.69 Å². The standard InChI is InChI=1S/C18H18N2O6/c1-11(2)12-4-6-13(7-5-12)16(21)10-19-9-14(18(23)26-3)8-15(17(19)22)20(24)25/h4-9,11H,10H2,1-3H3. The van der Waals surface area contributed by atoms with E-state index in [4.69, 9.17) is 0 Å². The second-order valence-corrected chi connectivity index (χ2v) is 6.00. The van der Waals surface area contributed by atoms with Crippen LogP contribution in [0.5, 0.6) is 0 Å². The Bertz CT molecular complexity index is 912. The molecule has 0 aliphatic heterocycles. The van der Waals surface area contributed by atoms with Crippen LogP contribution in [0.2, 0.25) is 0 Å². The molecule has 0 unspecified atom stereocenters. The number of benzene rings is 1. The largest absolute Gasteiger partial charge is 0.465 e. The average molecular weight is 358 g/mol. The first-order valence-corrected chi connectivity index (χ1v) is 7.85. The van der Waals surface area contributed by atoms with Crippen LogP contribution in [0.15, 0.2) is 41.3 Å². The Morgan fingerprint density at radius 1 is 1.19 bits per heavy atom. The third kappa shape index (κ3) is 4.02. The number of methoxy groups -OCH3 is 1. The number of pyridine rings is 1. The monoisotopic (exact) mass is 358 g/mol. The van der Waals surface area contributed by atoms with Gasteiger partial charge in [-0.15, -0.1) is 0 Å².